The third kappa shape index (κ3) is 7.34. The highest BCUT2D eigenvalue weighted by atomic mass is 35.5. The lowest BCUT2D eigenvalue weighted by molar-refractivity contribution is -0.275. The molecule has 182 valence electrons. The van der Waals surface area contributed by atoms with Crippen molar-refractivity contribution in [1.82, 2.24) is 9.88 Å². The molecule has 3 aromatic carbocycles. The number of nitrogens with one attached hydrogen (secondary N) is 1. The van der Waals surface area contributed by atoms with Crippen molar-refractivity contribution in [2.24, 2.45) is 0 Å². The van der Waals surface area contributed by atoms with E-state index >= 15 is 0 Å². The van der Waals surface area contributed by atoms with Gasteiger partial charge in [-0.3, -0.25) is 9.88 Å². The summed E-state index contributed by atoms with van der Waals surface area (Å²) in [6.45, 7) is 2.31. The van der Waals surface area contributed by atoms with Gasteiger partial charge in [-0.25, -0.2) is 0 Å². The molecule has 0 atom stereocenters. The molecule has 1 aromatic heterocycles. The van der Waals surface area contributed by atoms with Crippen LogP contribution in [0, 0.1) is 0 Å². The zero-order valence-electron chi connectivity index (χ0n) is 18.9. The summed E-state index contributed by atoms with van der Waals surface area (Å²) in [4.78, 5) is 6.49. The molecule has 0 aliphatic rings. The molecule has 8 heteroatoms. The number of para-hydroxylation sites is 1. The van der Waals surface area contributed by atoms with Gasteiger partial charge in [-0.15, -0.1) is 13.2 Å². The topological polar surface area (TPSA) is 37.4 Å². The van der Waals surface area contributed by atoms with Crippen molar-refractivity contribution in [1.29, 1.82) is 0 Å². The number of benzene rings is 3. The van der Waals surface area contributed by atoms with Gasteiger partial charge in [0.25, 0.3) is 0 Å². The van der Waals surface area contributed by atoms with Gasteiger partial charge in [0.15, 0.2) is 0 Å². The van der Waals surface area contributed by atoms with Crippen LogP contribution in [0.2, 0.25) is 5.02 Å². The Morgan fingerprint density at radius 2 is 1.69 bits per heavy atom. The van der Waals surface area contributed by atoms with E-state index in [0.717, 1.165) is 28.6 Å². The number of hydrogen-bond acceptors (Lipinski definition) is 4. The van der Waals surface area contributed by atoms with E-state index in [0.29, 0.717) is 36.8 Å². The van der Waals surface area contributed by atoms with E-state index in [9.17, 15) is 13.2 Å². The average molecular weight is 500 g/mol. The van der Waals surface area contributed by atoms with E-state index in [1.54, 1.807) is 24.4 Å². The van der Waals surface area contributed by atoms with Crippen LogP contribution >= 0.6 is 11.6 Å². The Morgan fingerprint density at radius 3 is 2.49 bits per heavy atom. The standard InChI is InChI=1S/C27H25ClF3N3O/c28-22-11-12-23-24(13-15-33-25(23)17-22)32-14-6-16-34(18-20-7-2-1-3-8-20)19-21-9-4-5-10-26(21)35-27(29,30)31/h1-5,7-13,15,17H,6,14,16,18-19H2,(H,32,33). The Hall–Kier alpha value is -3.29. The fourth-order valence-corrected chi connectivity index (χ4v) is 4.12. The van der Waals surface area contributed by atoms with Gasteiger partial charge < -0.3 is 10.1 Å². The summed E-state index contributed by atoms with van der Waals surface area (Å²) in [6.07, 6.45) is -2.21. The first-order valence-corrected chi connectivity index (χ1v) is 11.6. The van der Waals surface area contributed by atoms with E-state index in [-0.39, 0.29) is 5.75 Å². The van der Waals surface area contributed by atoms with Crippen LogP contribution in [0.3, 0.4) is 0 Å². The fourth-order valence-electron chi connectivity index (χ4n) is 3.96. The lowest BCUT2D eigenvalue weighted by atomic mass is 10.1. The summed E-state index contributed by atoms with van der Waals surface area (Å²) in [7, 11) is 0. The molecule has 4 nitrogen and oxygen atoms in total. The predicted molar refractivity (Wildman–Crippen MR) is 134 cm³/mol. The maximum Gasteiger partial charge on any atom is 0.573 e. The Morgan fingerprint density at radius 1 is 0.914 bits per heavy atom. The molecule has 0 saturated carbocycles. The first kappa shape index (κ1) is 24.8. The highest BCUT2D eigenvalue weighted by Crippen LogP contribution is 2.28. The summed E-state index contributed by atoms with van der Waals surface area (Å²) < 4.78 is 42.9. The minimum absolute atomic E-state index is 0.168. The smallest absolute Gasteiger partial charge is 0.405 e. The SMILES string of the molecule is FC(F)(F)Oc1ccccc1CN(CCCNc1ccnc2cc(Cl)ccc12)Cc1ccccc1. The second-order valence-electron chi connectivity index (χ2n) is 8.15. The molecule has 35 heavy (non-hydrogen) atoms. The number of pyridine rings is 1. The summed E-state index contributed by atoms with van der Waals surface area (Å²) in [5.74, 6) is -0.168. The Bertz CT molecular complexity index is 1250. The summed E-state index contributed by atoms with van der Waals surface area (Å²) in [6, 6.07) is 23.7. The van der Waals surface area contributed by atoms with Gasteiger partial charge in [-0.1, -0.05) is 60.1 Å². The molecule has 0 radical (unpaired) electrons. The fraction of sp³-hybridized carbons (Fsp3) is 0.222. The van der Waals surface area contributed by atoms with E-state index in [1.807, 2.05) is 54.6 Å². The number of hydrogen-bond donors (Lipinski definition) is 1. The molecule has 0 fully saturated rings. The van der Waals surface area contributed by atoms with Crippen LogP contribution in [0.25, 0.3) is 10.9 Å². The number of rotatable bonds is 10. The first-order valence-electron chi connectivity index (χ1n) is 11.3. The number of halogens is 4. The van der Waals surface area contributed by atoms with Gasteiger partial charge in [-0.2, -0.15) is 0 Å². The quantitative estimate of drug-likeness (QED) is 0.232. The number of aromatic nitrogens is 1. The second kappa shape index (κ2) is 11.4. The largest absolute Gasteiger partial charge is 0.573 e. The maximum absolute atomic E-state index is 12.9. The molecule has 0 aliphatic carbocycles. The first-order chi connectivity index (χ1) is 16.9. The van der Waals surface area contributed by atoms with Gasteiger partial charge in [0.1, 0.15) is 5.75 Å². The molecule has 0 aliphatic heterocycles. The third-order valence-corrected chi connectivity index (χ3v) is 5.75. The average Bonchev–Trinajstić information content (AvgIpc) is 2.82. The van der Waals surface area contributed by atoms with Crippen LogP contribution < -0.4 is 10.1 Å². The molecular weight excluding hydrogens is 475 g/mol. The molecular formula is C27H25ClF3N3O. The van der Waals surface area contributed by atoms with Crippen molar-refractivity contribution in [3.8, 4) is 5.75 Å². The molecule has 0 unspecified atom stereocenters. The van der Waals surface area contributed by atoms with Crippen LogP contribution in [0.15, 0.2) is 85.1 Å². The lowest BCUT2D eigenvalue weighted by Gasteiger charge is -2.24. The van der Waals surface area contributed by atoms with Gasteiger partial charge in [-0.05, 0) is 42.3 Å². The highest BCUT2D eigenvalue weighted by Gasteiger charge is 2.32. The van der Waals surface area contributed by atoms with Crippen molar-refractivity contribution < 1.29 is 17.9 Å². The number of nitrogens with zero attached hydrogens (tertiary/aromatic N) is 2. The van der Waals surface area contributed by atoms with Crippen molar-refractivity contribution in [2.75, 3.05) is 18.4 Å². The zero-order chi connectivity index (χ0) is 24.7. The molecule has 1 heterocycles. The van der Waals surface area contributed by atoms with Crippen molar-refractivity contribution in [2.45, 2.75) is 25.9 Å². The van der Waals surface area contributed by atoms with E-state index < -0.39 is 6.36 Å². The van der Waals surface area contributed by atoms with Gasteiger partial charge in [0, 0.05) is 54.0 Å². The Labute approximate surface area is 207 Å². The molecule has 4 aromatic rings. The van der Waals surface area contributed by atoms with Crippen LogP contribution in [0.5, 0.6) is 5.75 Å². The van der Waals surface area contributed by atoms with Crippen LogP contribution in [0.4, 0.5) is 18.9 Å². The lowest BCUT2D eigenvalue weighted by Crippen LogP contribution is -2.26. The van der Waals surface area contributed by atoms with Gasteiger partial charge >= 0.3 is 6.36 Å². The minimum Gasteiger partial charge on any atom is -0.405 e. The van der Waals surface area contributed by atoms with Crippen molar-refractivity contribution in [3.05, 3.63) is 101 Å². The molecule has 1 N–H and O–H groups in total. The number of alkyl halides is 3. The molecule has 0 amide bonds. The monoisotopic (exact) mass is 499 g/mol. The van der Waals surface area contributed by atoms with Crippen molar-refractivity contribution in [3.63, 3.8) is 0 Å². The number of anilines is 1. The predicted octanol–water partition coefficient (Wildman–Crippen LogP) is 7.29. The van der Waals surface area contributed by atoms with Crippen LogP contribution in [-0.2, 0) is 13.1 Å². The minimum atomic E-state index is -4.73. The molecule has 0 saturated heterocycles. The highest BCUT2D eigenvalue weighted by molar-refractivity contribution is 6.31. The van der Waals surface area contributed by atoms with Crippen LogP contribution in [0.1, 0.15) is 17.5 Å². The van der Waals surface area contributed by atoms with Crippen LogP contribution in [-0.4, -0.2) is 29.3 Å². The van der Waals surface area contributed by atoms with E-state index in [4.69, 9.17) is 11.6 Å². The second-order valence-corrected chi connectivity index (χ2v) is 8.59. The number of ether oxygens (including phenoxy) is 1. The summed E-state index contributed by atoms with van der Waals surface area (Å²) in [5, 5.41) is 5.06. The molecule has 0 spiro atoms. The van der Waals surface area contributed by atoms with Crippen molar-refractivity contribution >= 4 is 28.2 Å². The number of fused-ring (bicyclic) bond motifs is 1. The van der Waals surface area contributed by atoms with E-state index in [2.05, 4.69) is 19.9 Å². The normalized spacial score (nSPS) is 11.7. The third-order valence-electron chi connectivity index (χ3n) is 5.51. The maximum atomic E-state index is 12.9. The molecule has 0 bridgehead atoms. The van der Waals surface area contributed by atoms with E-state index in [1.165, 1.54) is 6.07 Å². The summed E-state index contributed by atoms with van der Waals surface area (Å²) >= 11 is 6.07. The van der Waals surface area contributed by atoms with Gasteiger partial charge in [0.2, 0.25) is 0 Å². The van der Waals surface area contributed by atoms with Gasteiger partial charge in [0.05, 0.1) is 5.52 Å². The molecule has 4 rings (SSSR count). The Kier molecular flexibility index (Phi) is 8.10. The summed E-state index contributed by atoms with van der Waals surface area (Å²) in [5.41, 5.74) is 3.36. The Balaban J connectivity index is 1.43. The zero-order valence-corrected chi connectivity index (χ0v) is 19.7.